The van der Waals surface area contributed by atoms with Crippen LogP contribution in [-0.2, 0) is 0 Å². The van der Waals surface area contributed by atoms with E-state index in [4.69, 9.17) is 0 Å². The summed E-state index contributed by atoms with van der Waals surface area (Å²) in [4.78, 5) is 0. The molecule has 1 heteroatoms. The van der Waals surface area contributed by atoms with Gasteiger partial charge in [0, 0.05) is 6.04 Å². The Balaban J connectivity index is 1.82. The maximum atomic E-state index is 3.75. The van der Waals surface area contributed by atoms with Crippen LogP contribution >= 0.6 is 0 Å². The van der Waals surface area contributed by atoms with E-state index >= 15 is 0 Å². The Bertz CT molecular complexity index is 144. The van der Waals surface area contributed by atoms with Gasteiger partial charge in [-0.15, -0.1) is 0 Å². The van der Waals surface area contributed by atoms with Crippen molar-refractivity contribution in [2.24, 2.45) is 17.8 Å². The third kappa shape index (κ3) is 1.32. The van der Waals surface area contributed by atoms with Gasteiger partial charge < -0.3 is 5.32 Å². The predicted molar refractivity (Wildman–Crippen MR) is 54.6 cm³/mol. The van der Waals surface area contributed by atoms with E-state index in [0.717, 1.165) is 23.8 Å². The molecule has 4 atom stereocenters. The Morgan fingerprint density at radius 3 is 2.31 bits per heavy atom. The standard InChI is InChI=1S/C12H21N/c1-3-9-5-2-6-11-12(9)10(4-1)7-8-13-11/h9-13H,1-8H2. The predicted octanol–water partition coefficient (Wildman–Crippen LogP) is 2.56. The van der Waals surface area contributed by atoms with Crippen LogP contribution in [0, 0.1) is 17.8 Å². The highest BCUT2D eigenvalue weighted by molar-refractivity contribution is 4.96. The molecule has 0 aromatic rings. The van der Waals surface area contributed by atoms with Crippen LogP contribution in [0.1, 0.15) is 44.9 Å². The van der Waals surface area contributed by atoms with Gasteiger partial charge in [0.05, 0.1) is 0 Å². The molecule has 1 heterocycles. The second-order valence-corrected chi connectivity index (χ2v) is 5.31. The Morgan fingerprint density at radius 2 is 1.46 bits per heavy atom. The molecule has 4 unspecified atom stereocenters. The largest absolute Gasteiger partial charge is 0.314 e. The molecule has 2 saturated carbocycles. The average Bonchev–Trinajstić information content (AvgIpc) is 2.19. The minimum atomic E-state index is 0.915. The summed E-state index contributed by atoms with van der Waals surface area (Å²) < 4.78 is 0. The van der Waals surface area contributed by atoms with E-state index in [9.17, 15) is 0 Å². The lowest BCUT2D eigenvalue weighted by atomic mass is 9.61. The molecule has 1 N–H and O–H groups in total. The van der Waals surface area contributed by atoms with Gasteiger partial charge in [0.15, 0.2) is 0 Å². The second kappa shape index (κ2) is 3.27. The number of nitrogens with one attached hydrogen (secondary N) is 1. The van der Waals surface area contributed by atoms with Crippen LogP contribution in [0.2, 0.25) is 0 Å². The van der Waals surface area contributed by atoms with Crippen molar-refractivity contribution in [2.75, 3.05) is 6.54 Å². The first kappa shape index (κ1) is 8.28. The quantitative estimate of drug-likeness (QED) is 0.602. The van der Waals surface area contributed by atoms with Crippen molar-refractivity contribution in [3.05, 3.63) is 0 Å². The van der Waals surface area contributed by atoms with Crippen LogP contribution in [0.4, 0.5) is 0 Å². The highest BCUT2D eigenvalue weighted by Crippen LogP contribution is 2.46. The first-order valence-electron chi connectivity index (χ1n) is 6.18. The fourth-order valence-electron chi connectivity index (χ4n) is 4.23. The molecule has 0 amide bonds. The molecule has 0 bridgehead atoms. The van der Waals surface area contributed by atoms with Crippen LogP contribution in [0.5, 0.6) is 0 Å². The maximum Gasteiger partial charge on any atom is 0.0101 e. The monoisotopic (exact) mass is 179 g/mol. The van der Waals surface area contributed by atoms with E-state index < -0.39 is 0 Å². The lowest BCUT2D eigenvalue weighted by Crippen LogP contribution is -2.52. The topological polar surface area (TPSA) is 12.0 Å². The van der Waals surface area contributed by atoms with Crippen LogP contribution in [0.25, 0.3) is 0 Å². The zero-order chi connectivity index (χ0) is 8.67. The van der Waals surface area contributed by atoms with Crippen molar-refractivity contribution >= 4 is 0 Å². The summed E-state index contributed by atoms with van der Waals surface area (Å²) in [7, 11) is 0. The summed E-state index contributed by atoms with van der Waals surface area (Å²) in [5.74, 6) is 3.28. The molecule has 1 saturated heterocycles. The molecule has 3 rings (SSSR count). The third-order valence-electron chi connectivity index (χ3n) is 4.71. The van der Waals surface area contributed by atoms with E-state index in [2.05, 4.69) is 5.32 Å². The molecule has 74 valence electrons. The summed E-state index contributed by atoms with van der Waals surface area (Å²) in [5.41, 5.74) is 0. The van der Waals surface area contributed by atoms with Crippen LogP contribution in [0.15, 0.2) is 0 Å². The molecular formula is C12H21N. The smallest absolute Gasteiger partial charge is 0.0101 e. The molecule has 3 aliphatic rings. The van der Waals surface area contributed by atoms with Gasteiger partial charge in [0.25, 0.3) is 0 Å². The molecule has 3 fully saturated rings. The average molecular weight is 179 g/mol. The van der Waals surface area contributed by atoms with Crippen molar-refractivity contribution < 1.29 is 0 Å². The van der Waals surface area contributed by atoms with E-state index in [0.29, 0.717) is 0 Å². The highest BCUT2D eigenvalue weighted by Gasteiger charge is 2.42. The Labute approximate surface area is 81.3 Å². The molecule has 2 aliphatic carbocycles. The minimum Gasteiger partial charge on any atom is -0.314 e. The maximum absolute atomic E-state index is 3.75. The first-order valence-corrected chi connectivity index (χ1v) is 6.18. The van der Waals surface area contributed by atoms with Crippen molar-refractivity contribution in [3.8, 4) is 0 Å². The summed E-state index contributed by atoms with van der Waals surface area (Å²) in [6, 6.07) is 0.915. The fourth-order valence-corrected chi connectivity index (χ4v) is 4.23. The molecule has 0 aromatic heterocycles. The highest BCUT2D eigenvalue weighted by atomic mass is 14.9. The van der Waals surface area contributed by atoms with Crippen molar-refractivity contribution in [2.45, 2.75) is 51.0 Å². The van der Waals surface area contributed by atoms with E-state index in [1.807, 2.05) is 0 Å². The van der Waals surface area contributed by atoms with Crippen LogP contribution in [0.3, 0.4) is 0 Å². The second-order valence-electron chi connectivity index (χ2n) is 5.31. The summed E-state index contributed by atoms with van der Waals surface area (Å²) in [5, 5.41) is 3.75. The van der Waals surface area contributed by atoms with Gasteiger partial charge in [-0.05, 0) is 37.1 Å². The Morgan fingerprint density at radius 1 is 0.769 bits per heavy atom. The molecule has 0 spiro atoms. The normalized spacial score (nSPS) is 49.8. The van der Waals surface area contributed by atoms with E-state index in [-0.39, 0.29) is 0 Å². The van der Waals surface area contributed by atoms with Crippen molar-refractivity contribution in [1.82, 2.24) is 5.32 Å². The van der Waals surface area contributed by atoms with Gasteiger partial charge in [-0.2, -0.15) is 0 Å². The number of rotatable bonds is 0. The molecule has 0 radical (unpaired) electrons. The van der Waals surface area contributed by atoms with Gasteiger partial charge in [-0.1, -0.05) is 32.1 Å². The molecular weight excluding hydrogens is 158 g/mol. The first-order chi connectivity index (χ1) is 6.45. The molecule has 1 aliphatic heterocycles. The van der Waals surface area contributed by atoms with Gasteiger partial charge in [0.1, 0.15) is 0 Å². The zero-order valence-corrected chi connectivity index (χ0v) is 8.47. The Hall–Kier alpha value is -0.0400. The summed E-state index contributed by atoms with van der Waals surface area (Å²) in [6.07, 6.45) is 10.6. The minimum absolute atomic E-state index is 0.915. The number of piperidine rings is 1. The number of hydrogen-bond donors (Lipinski definition) is 1. The van der Waals surface area contributed by atoms with Crippen molar-refractivity contribution in [1.29, 1.82) is 0 Å². The SMILES string of the molecule is C1CC2CCCC3NCCC(C1)C23. The third-order valence-corrected chi connectivity index (χ3v) is 4.71. The van der Waals surface area contributed by atoms with Gasteiger partial charge in [0.2, 0.25) is 0 Å². The lowest BCUT2D eigenvalue weighted by Gasteiger charge is -2.49. The lowest BCUT2D eigenvalue weighted by molar-refractivity contribution is 0.0394. The van der Waals surface area contributed by atoms with Crippen LogP contribution < -0.4 is 5.32 Å². The fraction of sp³-hybridized carbons (Fsp3) is 1.00. The summed E-state index contributed by atoms with van der Waals surface area (Å²) in [6.45, 7) is 1.30. The molecule has 1 nitrogen and oxygen atoms in total. The molecule has 13 heavy (non-hydrogen) atoms. The Kier molecular flexibility index (Phi) is 2.08. The van der Waals surface area contributed by atoms with Crippen molar-refractivity contribution in [3.63, 3.8) is 0 Å². The number of hydrogen-bond acceptors (Lipinski definition) is 1. The van der Waals surface area contributed by atoms with E-state index in [1.165, 1.54) is 32.2 Å². The molecule has 0 aromatic carbocycles. The van der Waals surface area contributed by atoms with Gasteiger partial charge >= 0.3 is 0 Å². The van der Waals surface area contributed by atoms with Gasteiger partial charge in [-0.3, -0.25) is 0 Å². The van der Waals surface area contributed by atoms with Gasteiger partial charge in [-0.25, -0.2) is 0 Å². The van der Waals surface area contributed by atoms with Crippen LogP contribution in [-0.4, -0.2) is 12.6 Å². The zero-order valence-electron chi connectivity index (χ0n) is 8.47. The summed E-state index contributed by atoms with van der Waals surface area (Å²) >= 11 is 0. The van der Waals surface area contributed by atoms with E-state index in [1.54, 1.807) is 19.3 Å².